The van der Waals surface area contributed by atoms with Gasteiger partial charge in [-0.25, -0.2) is 4.98 Å². The van der Waals surface area contributed by atoms with E-state index in [4.69, 9.17) is 0 Å². The van der Waals surface area contributed by atoms with Crippen LogP contribution in [0.15, 0.2) is 41.3 Å². The molecule has 1 aromatic heterocycles. The molecule has 1 saturated carbocycles. The Morgan fingerprint density at radius 1 is 1.28 bits per heavy atom. The molecule has 0 radical (unpaired) electrons. The lowest BCUT2D eigenvalue weighted by atomic mass is 9.86. The second-order valence-electron chi connectivity index (χ2n) is 7.26. The first-order valence-electron chi connectivity index (χ1n) is 9.73. The minimum Gasteiger partial charge on any atom is -0.348 e. The Morgan fingerprint density at radius 2 is 2.00 bits per heavy atom. The van der Waals surface area contributed by atoms with Crippen molar-refractivity contribution in [1.29, 1.82) is 5.26 Å². The highest BCUT2D eigenvalue weighted by Gasteiger charge is 2.24. The van der Waals surface area contributed by atoms with E-state index in [0.29, 0.717) is 16.7 Å². The Labute approximate surface area is 174 Å². The lowest BCUT2D eigenvalue weighted by Gasteiger charge is -2.29. The fourth-order valence-corrected chi connectivity index (χ4v) is 4.37. The Kier molecular flexibility index (Phi) is 6.78. The van der Waals surface area contributed by atoms with E-state index in [2.05, 4.69) is 17.2 Å². The zero-order valence-corrected chi connectivity index (χ0v) is 17.4. The van der Waals surface area contributed by atoms with Crippen molar-refractivity contribution in [2.24, 2.45) is 5.92 Å². The van der Waals surface area contributed by atoms with Gasteiger partial charge in [0.2, 0.25) is 5.91 Å². The molecule has 150 valence electrons. The van der Waals surface area contributed by atoms with Gasteiger partial charge in [0.1, 0.15) is 11.6 Å². The molecule has 0 saturated heterocycles. The molecule has 1 aliphatic rings. The van der Waals surface area contributed by atoms with Crippen molar-refractivity contribution in [2.45, 2.75) is 45.6 Å². The smallest absolute Gasteiger partial charge is 0.262 e. The van der Waals surface area contributed by atoms with E-state index in [1.807, 2.05) is 36.4 Å². The van der Waals surface area contributed by atoms with Gasteiger partial charge in [0.05, 0.1) is 11.4 Å². The van der Waals surface area contributed by atoms with Crippen LogP contribution in [0.5, 0.6) is 0 Å². The second kappa shape index (κ2) is 9.48. The predicted molar refractivity (Wildman–Crippen MR) is 115 cm³/mol. The van der Waals surface area contributed by atoms with Gasteiger partial charge in [-0.3, -0.25) is 14.5 Å². The molecule has 29 heavy (non-hydrogen) atoms. The van der Waals surface area contributed by atoms with Crippen molar-refractivity contribution < 1.29 is 9.59 Å². The second-order valence-corrected chi connectivity index (χ2v) is 8.09. The molecule has 0 aliphatic heterocycles. The average molecular weight is 409 g/mol. The molecule has 1 N–H and O–H groups in total. The zero-order chi connectivity index (χ0) is 20.8. The topological polar surface area (TPSA) is 86.1 Å². The van der Waals surface area contributed by atoms with Crippen molar-refractivity contribution in [3.63, 3.8) is 0 Å². The molecular formula is C22H24N4O2S. The summed E-state index contributed by atoms with van der Waals surface area (Å²) in [6.07, 6.45) is 5.79. The molecule has 6 nitrogen and oxygen atoms in total. The van der Waals surface area contributed by atoms with Crippen molar-refractivity contribution in [2.75, 3.05) is 4.90 Å². The van der Waals surface area contributed by atoms with Crippen LogP contribution in [0.3, 0.4) is 0 Å². The summed E-state index contributed by atoms with van der Waals surface area (Å²) in [4.78, 5) is 30.7. The first-order valence-corrected chi connectivity index (χ1v) is 10.6. The number of para-hydroxylation sites is 1. The first kappa shape index (κ1) is 20.7. The fraction of sp³-hybridized carbons (Fsp3) is 0.364. The van der Waals surface area contributed by atoms with Crippen molar-refractivity contribution in [3.8, 4) is 6.07 Å². The molecule has 1 fully saturated rings. The van der Waals surface area contributed by atoms with E-state index in [9.17, 15) is 14.9 Å². The number of rotatable bonds is 5. The van der Waals surface area contributed by atoms with Gasteiger partial charge < -0.3 is 5.32 Å². The maximum absolute atomic E-state index is 12.6. The molecule has 0 unspecified atom stereocenters. The van der Waals surface area contributed by atoms with Gasteiger partial charge in [-0.2, -0.15) is 5.26 Å². The average Bonchev–Trinajstić information content (AvgIpc) is 3.16. The van der Waals surface area contributed by atoms with E-state index in [1.54, 1.807) is 5.38 Å². The van der Waals surface area contributed by atoms with Crippen LogP contribution in [0, 0.1) is 17.2 Å². The number of carbonyl (C=O) groups is 2. The summed E-state index contributed by atoms with van der Waals surface area (Å²) in [7, 11) is 0. The van der Waals surface area contributed by atoms with Crippen LogP contribution in [0.1, 0.15) is 45.2 Å². The van der Waals surface area contributed by atoms with Gasteiger partial charge in [-0.15, -0.1) is 11.3 Å². The zero-order valence-electron chi connectivity index (χ0n) is 16.6. The molecule has 2 aromatic rings. The number of hydrogen-bond donors (Lipinski definition) is 1. The molecule has 0 spiro atoms. The monoisotopic (exact) mass is 408 g/mol. The van der Waals surface area contributed by atoms with Crippen LogP contribution in [0.4, 0.5) is 10.8 Å². The van der Waals surface area contributed by atoms with E-state index in [0.717, 1.165) is 24.9 Å². The highest BCUT2D eigenvalue weighted by atomic mass is 32.1. The SMILES string of the molecule is CC(=O)N(c1ccccc1)c1nc(/C=C(\C#N)C(=O)N[C@H]2CCCC[C@@H]2C)cs1. The lowest BCUT2D eigenvalue weighted by molar-refractivity contribution is -0.118. The maximum atomic E-state index is 12.6. The summed E-state index contributed by atoms with van der Waals surface area (Å²) in [5.74, 6) is -0.119. The highest BCUT2D eigenvalue weighted by molar-refractivity contribution is 7.14. The molecule has 1 heterocycles. The van der Waals surface area contributed by atoms with Crippen LogP contribution in [-0.2, 0) is 9.59 Å². The number of carbonyl (C=O) groups excluding carboxylic acids is 2. The summed E-state index contributed by atoms with van der Waals surface area (Å²) in [6.45, 7) is 3.61. The summed E-state index contributed by atoms with van der Waals surface area (Å²) in [5, 5.41) is 14.7. The third kappa shape index (κ3) is 5.09. The van der Waals surface area contributed by atoms with Crippen LogP contribution in [0.2, 0.25) is 0 Å². The number of aromatic nitrogens is 1. The standard InChI is InChI=1S/C22H24N4O2S/c1-15-8-6-7-11-20(15)25-21(28)17(13-23)12-18-14-29-22(24-18)26(16(2)27)19-9-4-3-5-10-19/h3-5,9-10,12,14-15,20H,6-8,11H2,1-2H3,(H,25,28)/b17-12+/t15-,20-/m0/s1. The van der Waals surface area contributed by atoms with Crippen molar-refractivity contribution in [1.82, 2.24) is 10.3 Å². The fourth-order valence-electron chi connectivity index (χ4n) is 3.52. The summed E-state index contributed by atoms with van der Waals surface area (Å²) >= 11 is 1.29. The molecule has 0 bridgehead atoms. The van der Waals surface area contributed by atoms with Gasteiger partial charge >= 0.3 is 0 Å². The Hall–Kier alpha value is -2.98. The predicted octanol–water partition coefficient (Wildman–Crippen LogP) is 4.43. The third-order valence-corrected chi connectivity index (χ3v) is 5.96. The quantitative estimate of drug-likeness (QED) is 0.586. The number of nitrogens with zero attached hydrogens (tertiary/aromatic N) is 3. The van der Waals surface area contributed by atoms with Gasteiger partial charge in [-0.05, 0) is 37.0 Å². The summed E-state index contributed by atoms with van der Waals surface area (Å²) in [6, 6.07) is 11.3. The Morgan fingerprint density at radius 3 is 2.66 bits per heavy atom. The van der Waals surface area contributed by atoms with Crippen LogP contribution >= 0.6 is 11.3 Å². The van der Waals surface area contributed by atoms with E-state index < -0.39 is 0 Å². The Balaban J connectivity index is 1.79. The van der Waals surface area contributed by atoms with E-state index in [1.165, 1.54) is 35.7 Å². The number of amides is 2. The number of thiazole rings is 1. The molecule has 3 rings (SSSR count). The van der Waals surface area contributed by atoms with E-state index >= 15 is 0 Å². The van der Waals surface area contributed by atoms with Crippen molar-refractivity contribution in [3.05, 3.63) is 47.0 Å². The highest BCUT2D eigenvalue weighted by Crippen LogP contribution is 2.29. The molecule has 1 aliphatic carbocycles. The first-order chi connectivity index (χ1) is 14.0. The van der Waals surface area contributed by atoms with Gasteiger partial charge in [0.25, 0.3) is 5.91 Å². The minimum absolute atomic E-state index is 0.0220. The number of nitrogens with one attached hydrogen (secondary N) is 1. The number of nitriles is 1. The van der Waals surface area contributed by atoms with Crippen LogP contribution in [-0.4, -0.2) is 22.8 Å². The number of benzene rings is 1. The van der Waals surface area contributed by atoms with E-state index in [-0.39, 0.29) is 23.4 Å². The molecule has 2 amide bonds. The largest absolute Gasteiger partial charge is 0.348 e. The molecule has 1 aromatic carbocycles. The summed E-state index contributed by atoms with van der Waals surface area (Å²) in [5.41, 5.74) is 1.22. The molecule has 2 atom stereocenters. The van der Waals surface area contributed by atoms with Crippen LogP contribution in [0.25, 0.3) is 6.08 Å². The lowest BCUT2D eigenvalue weighted by Crippen LogP contribution is -2.41. The van der Waals surface area contributed by atoms with Gasteiger partial charge in [0.15, 0.2) is 5.13 Å². The number of hydrogen-bond acceptors (Lipinski definition) is 5. The normalized spacial score (nSPS) is 19.3. The summed E-state index contributed by atoms with van der Waals surface area (Å²) < 4.78 is 0. The van der Waals surface area contributed by atoms with Crippen LogP contribution < -0.4 is 10.2 Å². The molecule has 7 heteroatoms. The maximum Gasteiger partial charge on any atom is 0.262 e. The van der Waals surface area contributed by atoms with Crippen molar-refractivity contribution >= 4 is 40.0 Å². The Bertz CT molecular complexity index is 945. The minimum atomic E-state index is -0.368. The van der Waals surface area contributed by atoms with Gasteiger partial charge in [0, 0.05) is 18.3 Å². The third-order valence-electron chi connectivity index (χ3n) is 5.12. The number of anilines is 2. The molecular weight excluding hydrogens is 384 g/mol. The van der Waals surface area contributed by atoms with Gasteiger partial charge in [-0.1, -0.05) is 38.0 Å².